The van der Waals surface area contributed by atoms with Crippen LogP contribution in [0.1, 0.15) is 19.0 Å². The second-order valence-corrected chi connectivity index (χ2v) is 4.63. The SMILES string of the molecule is C=C(SCC#N)n1c(CCC)cc(=O)nc1NC. The van der Waals surface area contributed by atoms with Crippen molar-refractivity contribution in [1.29, 1.82) is 5.26 Å². The van der Waals surface area contributed by atoms with Crippen molar-refractivity contribution < 1.29 is 0 Å². The quantitative estimate of drug-likeness (QED) is 0.850. The zero-order chi connectivity index (χ0) is 13.5. The van der Waals surface area contributed by atoms with Crippen LogP contribution in [0.2, 0.25) is 0 Å². The number of thioether (sulfide) groups is 1. The molecule has 0 amide bonds. The van der Waals surface area contributed by atoms with Crippen LogP contribution in [0.5, 0.6) is 0 Å². The van der Waals surface area contributed by atoms with Gasteiger partial charge in [-0.15, -0.1) is 0 Å². The Morgan fingerprint density at radius 3 is 3.00 bits per heavy atom. The number of aryl methyl sites for hydroxylation is 1. The monoisotopic (exact) mass is 264 g/mol. The summed E-state index contributed by atoms with van der Waals surface area (Å²) in [6.45, 7) is 5.98. The van der Waals surface area contributed by atoms with E-state index < -0.39 is 0 Å². The van der Waals surface area contributed by atoms with Gasteiger partial charge >= 0.3 is 0 Å². The van der Waals surface area contributed by atoms with Gasteiger partial charge in [0.2, 0.25) is 5.95 Å². The summed E-state index contributed by atoms with van der Waals surface area (Å²) in [6.07, 6.45) is 1.68. The summed E-state index contributed by atoms with van der Waals surface area (Å²) in [6, 6.07) is 3.57. The van der Waals surface area contributed by atoms with Gasteiger partial charge in [0, 0.05) is 18.8 Å². The van der Waals surface area contributed by atoms with Crippen molar-refractivity contribution in [1.82, 2.24) is 9.55 Å². The molecule has 5 nitrogen and oxygen atoms in total. The number of hydrogen-bond acceptors (Lipinski definition) is 5. The van der Waals surface area contributed by atoms with Crippen molar-refractivity contribution in [3.63, 3.8) is 0 Å². The maximum Gasteiger partial charge on any atom is 0.274 e. The molecular weight excluding hydrogens is 248 g/mol. The first kappa shape index (κ1) is 14.3. The third kappa shape index (κ3) is 3.37. The van der Waals surface area contributed by atoms with Crippen LogP contribution in [0.25, 0.3) is 5.03 Å². The van der Waals surface area contributed by atoms with Gasteiger partial charge in [0.25, 0.3) is 5.56 Å². The highest BCUT2D eigenvalue weighted by Gasteiger charge is 2.11. The maximum atomic E-state index is 11.5. The van der Waals surface area contributed by atoms with Gasteiger partial charge in [-0.1, -0.05) is 31.7 Å². The smallest absolute Gasteiger partial charge is 0.274 e. The summed E-state index contributed by atoms with van der Waals surface area (Å²) in [5.74, 6) is 0.779. The molecule has 0 unspecified atom stereocenters. The van der Waals surface area contributed by atoms with Crippen LogP contribution < -0.4 is 10.9 Å². The zero-order valence-corrected chi connectivity index (χ0v) is 11.4. The van der Waals surface area contributed by atoms with Crippen LogP contribution in [-0.2, 0) is 6.42 Å². The molecule has 1 aromatic heterocycles. The number of aromatic nitrogens is 2. The number of nitrogens with one attached hydrogen (secondary N) is 1. The van der Waals surface area contributed by atoms with Crippen molar-refractivity contribution >= 4 is 22.7 Å². The molecule has 0 saturated carbocycles. The van der Waals surface area contributed by atoms with Gasteiger partial charge in [-0.3, -0.25) is 9.36 Å². The van der Waals surface area contributed by atoms with Gasteiger partial charge in [0.1, 0.15) is 0 Å². The fourth-order valence-electron chi connectivity index (χ4n) is 1.60. The van der Waals surface area contributed by atoms with Crippen molar-refractivity contribution in [2.75, 3.05) is 18.1 Å². The molecule has 18 heavy (non-hydrogen) atoms. The van der Waals surface area contributed by atoms with Crippen LogP contribution >= 0.6 is 11.8 Å². The van der Waals surface area contributed by atoms with Crippen molar-refractivity contribution in [2.45, 2.75) is 19.8 Å². The molecule has 1 N–H and O–H groups in total. The van der Waals surface area contributed by atoms with E-state index >= 15 is 0 Å². The Balaban J connectivity index is 3.24. The molecule has 1 rings (SSSR count). The maximum absolute atomic E-state index is 11.5. The molecule has 0 aromatic carbocycles. The average molecular weight is 264 g/mol. The largest absolute Gasteiger partial charge is 0.358 e. The number of rotatable bonds is 6. The van der Waals surface area contributed by atoms with Crippen LogP contribution in [0.4, 0.5) is 5.95 Å². The highest BCUT2D eigenvalue weighted by molar-refractivity contribution is 8.08. The van der Waals surface area contributed by atoms with E-state index in [1.54, 1.807) is 11.6 Å². The molecule has 6 heteroatoms. The van der Waals surface area contributed by atoms with Gasteiger partial charge in [-0.05, 0) is 6.42 Å². The van der Waals surface area contributed by atoms with E-state index in [1.807, 2.05) is 6.92 Å². The van der Waals surface area contributed by atoms with Gasteiger partial charge in [-0.25, -0.2) is 0 Å². The van der Waals surface area contributed by atoms with E-state index in [0.29, 0.717) is 16.7 Å². The van der Waals surface area contributed by atoms with Crippen molar-refractivity contribution in [2.24, 2.45) is 0 Å². The minimum Gasteiger partial charge on any atom is -0.358 e. The number of nitrogens with zero attached hydrogens (tertiary/aromatic N) is 3. The van der Waals surface area contributed by atoms with Crippen LogP contribution in [0.15, 0.2) is 17.4 Å². The summed E-state index contributed by atoms with van der Waals surface area (Å²) >= 11 is 1.33. The Morgan fingerprint density at radius 1 is 1.72 bits per heavy atom. The van der Waals surface area contributed by atoms with Crippen LogP contribution in [-0.4, -0.2) is 22.4 Å². The van der Waals surface area contributed by atoms with E-state index in [9.17, 15) is 4.79 Å². The van der Waals surface area contributed by atoms with Crippen LogP contribution in [0, 0.1) is 11.3 Å². The lowest BCUT2D eigenvalue weighted by atomic mass is 10.2. The molecule has 0 aliphatic rings. The molecule has 96 valence electrons. The second-order valence-electron chi connectivity index (χ2n) is 3.59. The topological polar surface area (TPSA) is 70.7 Å². The molecule has 0 radical (unpaired) electrons. The first-order valence-electron chi connectivity index (χ1n) is 5.63. The van der Waals surface area contributed by atoms with E-state index in [0.717, 1.165) is 18.5 Å². The Labute approximate surface area is 111 Å². The molecule has 0 fully saturated rings. The third-order valence-electron chi connectivity index (χ3n) is 2.29. The molecule has 0 atom stereocenters. The minimum atomic E-state index is -0.267. The van der Waals surface area contributed by atoms with E-state index in [4.69, 9.17) is 5.26 Å². The summed E-state index contributed by atoms with van der Waals surface area (Å²) in [4.78, 5) is 15.4. The number of nitriles is 1. The summed E-state index contributed by atoms with van der Waals surface area (Å²) in [5, 5.41) is 12.2. The summed E-state index contributed by atoms with van der Waals surface area (Å²) in [5.41, 5.74) is 0.592. The average Bonchev–Trinajstić information content (AvgIpc) is 2.35. The Morgan fingerprint density at radius 2 is 2.44 bits per heavy atom. The molecule has 0 bridgehead atoms. The lowest BCUT2D eigenvalue weighted by molar-refractivity contribution is 0.825. The number of hydrogen-bond donors (Lipinski definition) is 1. The minimum absolute atomic E-state index is 0.267. The fourth-order valence-corrected chi connectivity index (χ4v) is 2.16. The molecule has 0 aliphatic carbocycles. The lowest BCUT2D eigenvalue weighted by Crippen LogP contribution is -2.19. The Kier molecular flexibility index (Phi) is 5.46. The Bertz CT molecular complexity index is 530. The van der Waals surface area contributed by atoms with Gasteiger partial charge in [0.05, 0.1) is 16.9 Å². The predicted octanol–water partition coefficient (Wildman–Crippen LogP) is 1.92. The molecule has 1 heterocycles. The normalized spacial score (nSPS) is 9.83. The summed E-state index contributed by atoms with van der Waals surface area (Å²) < 4.78 is 1.80. The lowest BCUT2D eigenvalue weighted by Gasteiger charge is -2.17. The standard InChI is InChI=1S/C12H16N4OS/c1-4-5-10-8-11(17)15-12(14-3)16(10)9(2)18-7-6-13/h8H,2,4-5,7H2,1,3H3,(H,14,15,17). The van der Waals surface area contributed by atoms with E-state index in [-0.39, 0.29) is 5.56 Å². The van der Waals surface area contributed by atoms with Crippen molar-refractivity contribution in [3.05, 3.63) is 28.7 Å². The van der Waals surface area contributed by atoms with Crippen molar-refractivity contribution in [3.8, 4) is 6.07 Å². The van der Waals surface area contributed by atoms with E-state index in [1.165, 1.54) is 17.8 Å². The number of anilines is 1. The highest BCUT2D eigenvalue weighted by Crippen LogP contribution is 2.24. The Hall–Kier alpha value is -1.74. The second kappa shape index (κ2) is 6.87. The molecule has 0 spiro atoms. The first-order valence-corrected chi connectivity index (χ1v) is 6.62. The van der Waals surface area contributed by atoms with E-state index in [2.05, 4.69) is 22.9 Å². The van der Waals surface area contributed by atoms with Gasteiger partial charge in [0.15, 0.2) is 0 Å². The molecule has 0 saturated heterocycles. The molecule has 1 aromatic rings. The first-order chi connectivity index (χ1) is 8.63. The summed E-state index contributed by atoms with van der Waals surface area (Å²) in [7, 11) is 1.70. The fraction of sp³-hybridized carbons (Fsp3) is 0.417. The third-order valence-corrected chi connectivity index (χ3v) is 3.08. The highest BCUT2D eigenvalue weighted by atomic mass is 32.2. The van der Waals surface area contributed by atoms with Crippen LogP contribution in [0.3, 0.4) is 0 Å². The van der Waals surface area contributed by atoms with Gasteiger partial charge in [-0.2, -0.15) is 10.2 Å². The predicted molar refractivity (Wildman–Crippen MR) is 75.4 cm³/mol. The molecular formula is C12H16N4OS. The molecule has 0 aliphatic heterocycles. The zero-order valence-electron chi connectivity index (χ0n) is 10.6. The van der Waals surface area contributed by atoms with Gasteiger partial charge < -0.3 is 5.32 Å².